The lowest BCUT2D eigenvalue weighted by molar-refractivity contribution is -0.118. The zero-order chi connectivity index (χ0) is 32.3. The van der Waals surface area contributed by atoms with E-state index in [0.717, 1.165) is 97.8 Å². The first-order chi connectivity index (χ1) is 22.9. The smallest absolute Gasteiger partial charge is 0.300 e. The van der Waals surface area contributed by atoms with Crippen LogP contribution in [0.4, 0.5) is 17.5 Å². The lowest BCUT2D eigenvalue weighted by atomic mass is 9.90. The molecule has 5 aromatic rings. The number of hydrogen-bond acceptors (Lipinski definition) is 10. The highest BCUT2D eigenvalue weighted by Crippen LogP contribution is 2.38. The number of hydrogen-bond donors (Lipinski definition) is 3. The molecule has 0 atom stereocenters. The Morgan fingerprint density at radius 2 is 1.79 bits per heavy atom. The molecule has 1 aliphatic carbocycles. The molecule has 7 rings (SSSR count). The van der Waals surface area contributed by atoms with Crippen molar-refractivity contribution >= 4 is 57.2 Å². The van der Waals surface area contributed by atoms with Gasteiger partial charge >= 0.3 is 0 Å². The molecule has 1 aliphatic heterocycles. The highest BCUT2D eigenvalue weighted by molar-refractivity contribution is 6.31. The van der Waals surface area contributed by atoms with Crippen molar-refractivity contribution in [3.63, 3.8) is 0 Å². The van der Waals surface area contributed by atoms with Crippen LogP contribution < -0.4 is 16.0 Å². The number of fused-ring (bicyclic) bond motifs is 2. The van der Waals surface area contributed by atoms with Gasteiger partial charge in [-0.1, -0.05) is 23.7 Å². The molecule has 1 amide bonds. The number of aromatic nitrogens is 5. The van der Waals surface area contributed by atoms with Gasteiger partial charge in [0.05, 0.1) is 24.6 Å². The van der Waals surface area contributed by atoms with Crippen LogP contribution in [0, 0.1) is 6.92 Å². The number of benzene rings is 2. The van der Waals surface area contributed by atoms with Gasteiger partial charge in [0.25, 0.3) is 6.01 Å². The third-order valence-corrected chi connectivity index (χ3v) is 9.35. The number of carbonyl (C=O) groups excluding carboxylic acids is 1. The minimum absolute atomic E-state index is 0.0325. The fraction of sp³-hybridized carbons (Fsp3) is 0.441. The Bertz CT molecular complexity index is 1860. The quantitative estimate of drug-likeness (QED) is 0.151. The lowest BCUT2D eigenvalue weighted by Gasteiger charge is -2.38. The first-order valence-corrected chi connectivity index (χ1v) is 16.8. The third-order valence-electron chi connectivity index (χ3n) is 9.13. The number of nitrogens with zero attached hydrogens (tertiary/aromatic N) is 6. The van der Waals surface area contributed by atoms with Crippen molar-refractivity contribution < 1.29 is 13.9 Å². The summed E-state index contributed by atoms with van der Waals surface area (Å²) in [6.45, 7) is 8.40. The van der Waals surface area contributed by atoms with Crippen LogP contribution in [0.2, 0.25) is 5.02 Å². The van der Waals surface area contributed by atoms with Crippen molar-refractivity contribution in [1.82, 2.24) is 34.9 Å². The lowest BCUT2D eigenvalue weighted by Crippen LogP contribution is -2.45. The number of morpholine rings is 1. The Hall–Kier alpha value is -4.26. The molecule has 12 nitrogen and oxygen atoms in total. The van der Waals surface area contributed by atoms with Crippen molar-refractivity contribution in [2.45, 2.75) is 58.0 Å². The van der Waals surface area contributed by atoms with E-state index in [0.29, 0.717) is 41.3 Å². The van der Waals surface area contributed by atoms with Gasteiger partial charge in [-0.15, -0.1) is 0 Å². The average Bonchev–Trinajstić information content (AvgIpc) is 3.67. The van der Waals surface area contributed by atoms with E-state index in [-0.39, 0.29) is 11.9 Å². The van der Waals surface area contributed by atoms with E-state index < -0.39 is 0 Å². The third kappa shape index (κ3) is 6.90. The van der Waals surface area contributed by atoms with Gasteiger partial charge in [0.15, 0.2) is 11.2 Å². The number of amides is 1. The van der Waals surface area contributed by atoms with Gasteiger partial charge < -0.3 is 25.1 Å². The predicted molar refractivity (Wildman–Crippen MR) is 183 cm³/mol. The van der Waals surface area contributed by atoms with E-state index >= 15 is 0 Å². The van der Waals surface area contributed by atoms with Crippen LogP contribution in [-0.2, 0) is 9.53 Å². The molecule has 47 heavy (non-hydrogen) atoms. The van der Waals surface area contributed by atoms with Crippen molar-refractivity contribution in [3.8, 4) is 11.3 Å². The number of nitrogens with one attached hydrogen (secondary N) is 3. The normalized spacial score (nSPS) is 18.9. The fourth-order valence-electron chi connectivity index (χ4n) is 6.78. The number of anilines is 3. The standard InChI is InChI=1S/C34H40ClN9O3/c1-21-18-24(35)19-28-31(21)47-34(41-28)40-25-6-4-23(5-7-25)30-29-32(37-13-3-12-36-22(2)45)38-20-39-33(29)44(42-30)27-10-8-26(9-11-27)43-14-16-46-17-15-43/h4-7,18-20,26-27H,3,8-17H2,1-2H3,(H,36,45)(H,40,41)(H,37,38,39). The second-order valence-corrected chi connectivity index (χ2v) is 12.8. The number of carbonyl (C=O) groups is 1. The topological polar surface area (TPSA) is 135 Å². The molecular formula is C34H40ClN9O3. The van der Waals surface area contributed by atoms with E-state index in [1.807, 2.05) is 37.3 Å². The second kappa shape index (κ2) is 13.8. The van der Waals surface area contributed by atoms with E-state index in [4.69, 9.17) is 30.8 Å². The van der Waals surface area contributed by atoms with Crippen molar-refractivity contribution in [1.29, 1.82) is 0 Å². The molecule has 246 valence electrons. The highest BCUT2D eigenvalue weighted by atomic mass is 35.5. The molecule has 2 aliphatic rings. The molecule has 1 saturated heterocycles. The van der Waals surface area contributed by atoms with Gasteiger partial charge in [0, 0.05) is 55.4 Å². The predicted octanol–water partition coefficient (Wildman–Crippen LogP) is 6.09. The summed E-state index contributed by atoms with van der Waals surface area (Å²) in [5, 5.41) is 16.4. The van der Waals surface area contributed by atoms with Crippen LogP contribution in [0.5, 0.6) is 0 Å². The Balaban J connectivity index is 1.15. The molecular weight excluding hydrogens is 618 g/mol. The number of oxazole rings is 1. The summed E-state index contributed by atoms with van der Waals surface area (Å²) in [5.74, 6) is 0.707. The molecule has 0 unspecified atom stereocenters. The molecule has 0 radical (unpaired) electrons. The molecule has 2 aromatic carbocycles. The summed E-state index contributed by atoms with van der Waals surface area (Å²) in [5.41, 5.74) is 5.81. The van der Waals surface area contributed by atoms with Gasteiger partial charge in [-0.3, -0.25) is 9.69 Å². The van der Waals surface area contributed by atoms with Gasteiger partial charge in [-0.25, -0.2) is 14.6 Å². The summed E-state index contributed by atoms with van der Waals surface area (Å²) in [6.07, 6.45) is 6.72. The minimum Gasteiger partial charge on any atom is -0.423 e. The Morgan fingerprint density at radius 3 is 2.55 bits per heavy atom. The van der Waals surface area contributed by atoms with E-state index in [9.17, 15) is 4.79 Å². The SMILES string of the molecule is CC(=O)NCCCNc1ncnc2c1c(-c1ccc(Nc3nc4cc(Cl)cc(C)c4o3)cc1)nn2C1CCC(N2CCOCC2)CC1. The summed E-state index contributed by atoms with van der Waals surface area (Å²) in [7, 11) is 0. The van der Waals surface area contributed by atoms with Crippen molar-refractivity contribution in [2.75, 3.05) is 50.0 Å². The summed E-state index contributed by atoms with van der Waals surface area (Å²) < 4.78 is 13.7. The number of ether oxygens (including phenoxy) is 1. The summed E-state index contributed by atoms with van der Waals surface area (Å²) >= 11 is 6.22. The summed E-state index contributed by atoms with van der Waals surface area (Å²) in [4.78, 5) is 27.9. The molecule has 2 fully saturated rings. The number of halogens is 1. The second-order valence-electron chi connectivity index (χ2n) is 12.4. The monoisotopic (exact) mass is 657 g/mol. The average molecular weight is 658 g/mol. The fourth-order valence-corrected chi connectivity index (χ4v) is 7.05. The van der Waals surface area contributed by atoms with Gasteiger partial charge in [-0.2, -0.15) is 10.1 Å². The zero-order valence-electron chi connectivity index (χ0n) is 26.8. The van der Waals surface area contributed by atoms with E-state index in [2.05, 4.69) is 35.5 Å². The van der Waals surface area contributed by atoms with Crippen molar-refractivity contribution in [3.05, 3.63) is 53.3 Å². The molecule has 3 N–H and O–H groups in total. The largest absolute Gasteiger partial charge is 0.423 e. The molecule has 3 aromatic heterocycles. The Morgan fingerprint density at radius 1 is 1.02 bits per heavy atom. The molecule has 4 heterocycles. The maximum atomic E-state index is 11.3. The minimum atomic E-state index is -0.0325. The Kier molecular flexibility index (Phi) is 9.23. The van der Waals surface area contributed by atoms with E-state index in [1.165, 1.54) is 6.92 Å². The maximum Gasteiger partial charge on any atom is 0.300 e. The van der Waals surface area contributed by atoms with Crippen LogP contribution in [0.25, 0.3) is 33.4 Å². The highest BCUT2D eigenvalue weighted by Gasteiger charge is 2.30. The van der Waals surface area contributed by atoms with Gasteiger partial charge in [0.2, 0.25) is 5.91 Å². The zero-order valence-corrected chi connectivity index (χ0v) is 27.5. The molecule has 1 saturated carbocycles. The van der Waals surface area contributed by atoms with Crippen LogP contribution >= 0.6 is 11.6 Å². The summed E-state index contributed by atoms with van der Waals surface area (Å²) in [6, 6.07) is 13.0. The molecule has 0 bridgehead atoms. The van der Waals surface area contributed by atoms with Gasteiger partial charge in [0.1, 0.15) is 23.4 Å². The van der Waals surface area contributed by atoms with Crippen LogP contribution in [0.1, 0.15) is 50.6 Å². The van der Waals surface area contributed by atoms with Crippen LogP contribution in [0.15, 0.2) is 47.1 Å². The molecule has 0 spiro atoms. The number of aryl methyl sites for hydroxylation is 1. The first kappa shape index (κ1) is 31.3. The van der Waals surface area contributed by atoms with E-state index in [1.54, 1.807) is 12.4 Å². The first-order valence-electron chi connectivity index (χ1n) is 16.4. The van der Waals surface area contributed by atoms with Crippen LogP contribution in [-0.4, -0.2) is 81.0 Å². The Labute approximate surface area is 278 Å². The van der Waals surface area contributed by atoms with Crippen LogP contribution in [0.3, 0.4) is 0 Å². The van der Waals surface area contributed by atoms with Gasteiger partial charge in [-0.05, 0) is 68.9 Å². The maximum absolute atomic E-state index is 11.3. The molecule has 13 heteroatoms. The number of rotatable bonds is 10. The van der Waals surface area contributed by atoms with Crippen molar-refractivity contribution in [2.24, 2.45) is 0 Å².